The standard InChI is InChI=1S/C15H10BrFN2O2/c16-11-3-6-13(17)14(7-11)19-15(20)9-21-12-4-1-10(8-18)2-5-12/h1-7H,9H2,(H,19,20). The van der Waals surface area contributed by atoms with Gasteiger partial charge in [0, 0.05) is 4.47 Å². The van der Waals surface area contributed by atoms with Crippen molar-refractivity contribution in [1.29, 1.82) is 5.26 Å². The predicted molar refractivity (Wildman–Crippen MR) is 79.4 cm³/mol. The number of carbonyl (C=O) groups is 1. The van der Waals surface area contributed by atoms with Crippen LogP contribution in [-0.2, 0) is 4.79 Å². The van der Waals surface area contributed by atoms with E-state index in [2.05, 4.69) is 21.2 Å². The van der Waals surface area contributed by atoms with E-state index in [-0.39, 0.29) is 12.3 Å². The lowest BCUT2D eigenvalue weighted by atomic mass is 10.2. The average molecular weight is 349 g/mol. The van der Waals surface area contributed by atoms with E-state index in [9.17, 15) is 9.18 Å². The van der Waals surface area contributed by atoms with Gasteiger partial charge in [0.05, 0.1) is 17.3 Å². The molecule has 2 aromatic rings. The molecular formula is C15H10BrFN2O2. The monoisotopic (exact) mass is 348 g/mol. The van der Waals surface area contributed by atoms with Crippen molar-refractivity contribution in [3.05, 3.63) is 58.3 Å². The Balaban J connectivity index is 1.92. The van der Waals surface area contributed by atoms with Gasteiger partial charge in [0.1, 0.15) is 11.6 Å². The molecule has 0 fully saturated rings. The van der Waals surface area contributed by atoms with E-state index in [1.165, 1.54) is 18.2 Å². The lowest BCUT2D eigenvalue weighted by Crippen LogP contribution is -2.20. The number of rotatable bonds is 4. The maximum atomic E-state index is 13.5. The minimum Gasteiger partial charge on any atom is -0.484 e. The highest BCUT2D eigenvalue weighted by molar-refractivity contribution is 9.10. The summed E-state index contributed by atoms with van der Waals surface area (Å²) in [6.07, 6.45) is 0. The molecule has 21 heavy (non-hydrogen) atoms. The number of nitrogens with one attached hydrogen (secondary N) is 1. The van der Waals surface area contributed by atoms with Gasteiger partial charge >= 0.3 is 0 Å². The van der Waals surface area contributed by atoms with E-state index in [0.717, 1.165) is 0 Å². The normalized spacial score (nSPS) is 9.76. The van der Waals surface area contributed by atoms with Crippen molar-refractivity contribution in [2.45, 2.75) is 0 Å². The summed E-state index contributed by atoms with van der Waals surface area (Å²) in [4.78, 5) is 11.7. The summed E-state index contributed by atoms with van der Waals surface area (Å²) in [5.74, 6) is -0.542. The molecule has 0 atom stereocenters. The third-order valence-corrected chi connectivity index (χ3v) is 3.05. The number of hydrogen-bond donors (Lipinski definition) is 1. The van der Waals surface area contributed by atoms with Crippen LogP contribution in [0.4, 0.5) is 10.1 Å². The van der Waals surface area contributed by atoms with Crippen LogP contribution in [-0.4, -0.2) is 12.5 Å². The molecule has 2 aromatic carbocycles. The summed E-state index contributed by atoms with van der Waals surface area (Å²) in [5.41, 5.74) is 0.584. The first kappa shape index (κ1) is 15.0. The summed E-state index contributed by atoms with van der Waals surface area (Å²) in [6.45, 7) is -0.252. The highest BCUT2D eigenvalue weighted by atomic mass is 79.9. The minimum atomic E-state index is -0.523. The van der Waals surface area contributed by atoms with Gasteiger partial charge < -0.3 is 10.1 Å². The van der Waals surface area contributed by atoms with Crippen LogP contribution in [0.3, 0.4) is 0 Å². The fourth-order valence-corrected chi connectivity index (χ4v) is 1.92. The quantitative estimate of drug-likeness (QED) is 0.919. The number of amides is 1. The second kappa shape index (κ2) is 6.86. The lowest BCUT2D eigenvalue weighted by Gasteiger charge is -2.08. The van der Waals surface area contributed by atoms with E-state index in [1.54, 1.807) is 24.3 Å². The van der Waals surface area contributed by atoms with Crippen molar-refractivity contribution >= 4 is 27.5 Å². The molecule has 0 unspecified atom stereocenters. The Bertz CT molecular complexity index is 696. The first-order valence-electron chi connectivity index (χ1n) is 5.96. The zero-order valence-corrected chi connectivity index (χ0v) is 12.4. The van der Waals surface area contributed by atoms with Gasteiger partial charge in [0.2, 0.25) is 0 Å². The second-order valence-electron chi connectivity index (χ2n) is 4.10. The topological polar surface area (TPSA) is 62.1 Å². The zero-order valence-electron chi connectivity index (χ0n) is 10.8. The van der Waals surface area contributed by atoms with Gasteiger partial charge in [-0.25, -0.2) is 4.39 Å². The van der Waals surface area contributed by atoms with Gasteiger partial charge in [0.25, 0.3) is 5.91 Å². The lowest BCUT2D eigenvalue weighted by molar-refractivity contribution is -0.118. The van der Waals surface area contributed by atoms with Crippen LogP contribution in [0.15, 0.2) is 46.9 Å². The molecule has 0 heterocycles. The molecule has 0 aliphatic heterocycles. The number of nitrogens with zero attached hydrogens (tertiary/aromatic N) is 1. The summed E-state index contributed by atoms with van der Waals surface area (Å²) in [6, 6.07) is 12.6. The highest BCUT2D eigenvalue weighted by Gasteiger charge is 2.08. The van der Waals surface area contributed by atoms with Crippen LogP contribution in [0.25, 0.3) is 0 Å². The molecule has 106 valence electrons. The molecule has 0 radical (unpaired) electrons. The fourth-order valence-electron chi connectivity index (χ4n) is 1.55. The Morgan fingerprint density at radius 1 is 1.29 bits per heavy atom. The van der Waals surface area contributed by atoms with Crippen molar-refractivity contribution in [1.82, 2.24) is 0 Å². The molecule has 1 amide bonds. The van der Waals surface area contributed by atoms with Crippen molar-refractivity contribution in [2.24, 2.45) is 0 Å². The Labute approximate surface area is 129 Å². The predicted octanol–water partition coefficient (Wildman–Crippen LogP) is 3.48. The summed E-state index contributed by atoms with van der Waals surface area (Å²) in [7, 11) is 0. The SMILES string of the molecule is N#Cc1ccc(OCC(=O)Nc2cc(Br)ccc2F)cc1. The zero-order chi connectivity index (χ0) is 15.2. The smallest absolute Gasteiger partial charge is 0.262 e. The molecule has 1 N–H and O–H groups in total. The molecule has 6 heteroatoms. The third kappa shape index (κ3) is 4.29. The maximum absolute atomic E-state index is 13.5. The summed E-state index contributed by atoms with van der Waals surface area (Å²) >= 11 is 3.20. The molecule has 0 aromatic heterocycles. The number of halogens is 2. The van der Waals surface area contributed by atoms with Gasteiger partial charge in [-0.2, -0.15) is 5.26 Å². The Morgan fingerprint density at radius 3 is 2.67 bits per heavy atom. The third-order valence-electron chi connectivity index (χ3n) is 2.56. The first-order valence-corrected chi connectivity index (χ1v) is 6.75. The molecule has 0 aliphatic carbocycles. The number of benzene rings is 2. The van der Waals surface area contributed by atoms with Gasteiger partial charge in [0.15, 0.2) is 6.61 Å². The number of ether oxygens (including phenoxy) is 1. The van der Waals surface area contributed by atoms with E-state index in [0.29, 0.717) is 15.8 Å². The molecule has 4 nitrogen and oxygen atoms in total. The maximum Gasteiger partial charge on any atom is 0.262 e. The number of carbonyl (C=O) groups excluding carboxylic acids is 1. The Kier molecular flexibility index (Phi) is 4.90. The fraction of sp³-hybridized carbons (Fsp3) is 0.0667. The van der Waals surface area contributed by atoms with Crippen molar-refractivity contribution in [2.75, 3.05) is 11.9 Å². The summed E-state index contributed by atoms with van der Waals surface area (Å²) < 4.78 is 19.4. The van der Waals surface area contributed by atoms with E-state index >= 15 is 0 Å². The van der Waals surface area contributed by atoms with Gasteiger partial charge in [-0.1, -0.05) is 15.9 Å². The van der Waals surface area contributed by atoms with E-state index in [1.807, 2.05) is 6.07 Å². The van der Waals surface area contributed by atoms with Crippen LogP contribution in [0.2, 0.25) is 0 Å². The van der Waals surface area contributed by atoms with Crippen LogP contribution in [0, 0.1) is 17.1 Å². The molecule has 2 rings (SSSR count). The van der Waals surface area contributed by atoms with Crippen molar-refractivity contribution < 1.29 is 13.9 Å². The van der Waals surface area contributed by atoms with Crippen LogP contribution in [0.5, 0.6) is 5.75 Å². The number of anilines is 1. The van der Waals surface area contributed by atoms with Gasteiger partial charge in [-0.15, -0.1) is 0 Å². The van der Waals surface area contributed by atoms with Crippen LogP contribution < -0.4 is 10.1 Å². The number of hydrogen-bond acceptors (Lipinski definition) is 3. The van der Waals surface area contributed by atoms with E-state index < -0.39 is 11.7 Å². The van der Waals surface area contributed by atoms with Crippen LogP contribution in [0.1, 0.15) is 5.56 Å². The van der Waals surface area contributed by atoms with Crippen molar-refractivity contribution in [3.63, 3.8) is 0 Å². The second-order valence-corrected chi connectivity index (χ2v) is 5.01. The van der Waals surface area contributed by atoms with Gasteiger partial charge in [-0.05, 0) is 42.5 Å². The number of nitriles is 1. The van der Waals surface area contributed by atoms with E-state index in [4.69, 9.17) is 10.00 Å². The largest absolute Gasteiger partial charge is 0.484 e. The van der Waals surface area contributed by atoms with Crippen molar-refractivity contribution in [3.8, 4) is 11.8 Å². The molecule has 0 saturated carbocycles. The highest BCUT2D eigenvalue weighted by Crippen LogP contribution is 2.20. The Morgan fingerprint density at radius 2 is 2.00 bits per heavy atom. The van der Waals surface area contributed by atoms with Gasteiger partial charge in [-0.3, -0.25) is 4.79 Å². The van der Waals surface area contributed by atoms with Crippen LogP contribution >= 0.6 is 15.9 Å². The first-order chi connectivity index (χ1) is 10.1. The Hall–Kier alpha value is -2.39. The molecule has 0 bridgehead atoms. The minimum absolute atomic E-state index is 0.0813. The molecule has 0 aliphatic rings. The average Bonchev–Trinajstić information content (AvgIpc) is 2.49. The molecule has 0 saturated heterocycles. The summed E-state index contributed by atoms with van der Waals surface area (Å²) in [5, 5.41) is 11.1. The molecular weight excluding hydrogens is 339 g/mol. The molecule has 0 spiro atoms.